The molecule has 5 aromatic rings. The molecule has 8 nitrogen and oxygen atoms in total. The fourth-order valence-corrected chi connectivity index (χ4v) is 7.29. The third kappa shape index (κ3) is 8.53. The minimum Gasteiger partial charge on any atom is -0.491 e. The Balaban J connectivity index is 1.18. The zero-order valence-electron chi connectivity index (χ0n) is 32.0. The minimum absolute atomic E-state index is 0.105. The van der Waals surface area contributed by atoms with Crippen molar-refractivity contribution in [3.05, 3.63) is 130 Å². The van der Waals surface area contributed by atoms with Crippen molar-refractivity contribution in [2.45, 2.75) is 58.0 Å². The van der Waals surface area contributed by atoms with Crippen LogP contribution in [-0.2, 0) is 18.9 Å². The lowest BCUT2D eigenvalue weighted by atomic mass is 9.80. The molecule has 8 heteroatoms. The van der Waals surface area contributed by atoms with Crippen molar-refractivity contribution in [1.82, 2.24) is 0 Å². The van der Waals surface area contributed by atoms with Crippen LogP contribution in [0.1, 0.15) is 44.9 Å². The highest BCUT2D eigenvalue weighted by Crippen LogP contribution is 2.47. The number of epoxide rings is 4. The van der Waals surface area contributed by atoms with E-state index in [1.807, 2.05) is 0 Å². The summed E-state index contributed by atoms with van der Waals surface area (Å²) in [6, 6.07) is 32.6. The fraction of sp³-hybridized carbons (Fsp3) is 0.362. The zero-order valence-corrected chi connectivity index (χ0v) is 32.0. The summed E-state index contributed by atoms with van der Waals surface area (Å²) in [5.41, 5.74) is 12.0. The lowest BCUT2D eigenvalue weighted by Crippen LogP contribution is -2.14. The van der Waals surface area contributed by atoms with Gasteiger partial charge in [0.1, 0.15) is 73.8 Å². The van der Waals surface area contributed by atoms with E-state index in [0.29, 0.717) is 26.4 Å². The van der Waals surface area contributed by atoms with E-state index >= 15 is 0 Å². The molecule has 0 N–H and O–H groups in total. The molecule has 4 fully saturated rings. The van der Waals surface area contributed by atoms with Crippen LogP contribution in [0.25, 0.3) is 22.3 Å². The first-order valence-corrected chi connectivity index (χ1v) is 19.4. The topological polar surface area (TPSA) is 87.0 Å². The molecule has 4 atom stereocenters. The Labute approximate surface area is 323 Å². The molecule has 284 valence electrons. The van der Waals surface area contributed by atoms with Crippen LogP contribution in [-0.4, -0.2) is 77.3 Å². The van der Waals surface area contributed by atoms with E-state index in [-0.39, 0.29) is 30.3 Å². The van der Waals surface area contributed by atoms with Crippen LogP contribution in [0.15, 0.2) is 91.0 Å². The summed E-state index contributed by atoms with van der Waals surface area (Å²) in [7, 11) is 0. The summed E-state index contributed by atoms with van der Waals surface area (Å²) < 4.78 is 47.6. The lowest BCUT2D eigenvalue weighted by Gasteiger charge is -2.27. The summed E-state index contributed by atoms with van der Waals surface area (Å²) in [6.45, 7) is 13.6. The molecule has 4 saturated heterocycles. The van der Waals surface area contributed by atoms with Gasteiger partial charge in [-0.05, 0) is 126 Å². The van der Waals surface area contributed by atoms with Crippen molar-refractivity contribution in [3.8, 4) is 45.3 Å². The molecule has 4 heterocycles. The van der Waals surface area contributed by atoms with Crippen molar-refractivity contribution < 1.29 is 37.9 Å². The molecule has 5 aromatic carbocycles. The van der Waals surface area contributed by atoms with Crippen molar-refractivity contribution >= 4 is 0 Å². The first-order valence-electron chi connectivity index (χ1n) is 19.4. The van der Waals surface area contributed by atoms with Crippen LogP contribution >= 0.6 is 0 Å². The normalized spacial score (nSPS) is 21.1. The Morgan fingerprint density at radius 2 is 0.836 bits per heavy atom. The third-order valence-electron chi connectivity index (χ3n) is 10.7. The first kappa shape index (κ1) is 35.8. The van der Waals surface area contributed by atoms with Gasteiger partial charge in [0.2, 0.25) is 0 Å². The van der Waals surface area contributed by atoms with E-state index in [1.165, 1.54) is 0 Å². The van der Waals surface area contributed by atoms with Crippen molar-refractivity contribution in [2.24, 2.45) is 0 Å². The zero-order chi connectivity index (χ0) is 37.5. The molecule has 0 spiro atoms. The molecular formula is C47H48O8. The van der Waals surface area contributed by atoms with Gasteiger partial charge in [0.25, 0.3) is 0 Å². The third-order valence-corrected chi connectivity index (χ3v) is 10.7. The van der Waals surface area contributed by atoms with E-state index < -0.39 is 0 Å². The van der Waals surface area contributed by atoms with E-state index in [1.54, 1.807) is 0 Å². The highest BCUT2D eigenvalue weighted by atomic mass is 16.6. The Morgan fingerprint density at radius 1 is 0.455 bits per heavy atom. The van der Waals surface area contributed by atoms with E-state index in [2.05, 4.69) is 119 Å². The van der Waals surface area contributed by atoms with Gasteiger partial charge in [-0.25, -0.2) is 0 Å². The summed E-state index contributed by atoms with van der Waals surface area (Å²) in [6.07, 6.45) is 0.609. The van der Waals surface area contributed by atoms with Gasteiger partial charge < -0.3 is 37.9 Å². The molecule has 0 amide bonds. The van der Waals surface area contributed by atoms with Crippen LogP contribution in [0, 0.1) is 27.7 Å². The van der Waals surface area contributed by atoms with Gasteiger partial charge >= 0.3 is 0 Å². The standard InChI is InChI=1S/C47H48O8/c1-28-14-33(10-12-43(28)52-24-37-20-48-37)35-16-30(3)46(54-26-39-22-50-39)41(18-35)45(32-8-6-5-7-9-32)42-19-36(17-31(4)47(42)55-27-40-23-51-40)34-11-13-44(29(2)15-34)53-25-38-21-49-38/h5-19,37-40,45H,20-27H2,1-4H3. The van der Waals surface area contributed by atoms with Gasteiger partial charge in [-0.15, -0.1) is 0 Å². The maximum absolute atomic E-state index is 6.74. The second-order valence-electron chi connectivity index (χ2n) is 15.3. The lowest BCUT2D eigenvalue weighted by molar-refractivity contribution is 0.257. The van der Waals surface area contributed by atoms with Crippen LogP contribution in [0.5, 0.6) is 23.0 Å². The van der Waals surface area contributed by atoms with E-state index in [0.717, 1.165) is 111 Å². The molecule has 4 aliphatic heterocycles. The number of benzene rings is 5. The van der Waals surface area contributed by atoms with Gasteiger partial charge in [0, 0.05) is 17.0 Å². The number of aryl methyl sites for hydroxylation is 4. The molecule has 0 bridgehead atoms. The monoisotopic (exact) mass is 740 g/mol. The molecule has 55 heavy (non-hydrogen) atoms. The second kappa shape index (κ2) is 15.3. The number of hydrogen-bond acceptors (Lipinski definition) is 8. The number of ether oxygens (including phenoxy) is 8. The van der Waals surface area contributed by atoms with E-state index in [4.69, 9.17) is 37.9 Å². The van der Waals surface area contributed by atoms with Crippen molar-refractivity contribution in [3.63, 3.8) is 0 Å². The van der Waals surface area contributed by atoms with Crippen molar-refractivity contribution in [2.75, 3.05) is 52.9 Å². The molecule has 0 aromatic heterocycles. The predicted octanol–water partition coefficient (Wildman–Crippen LogP) is 8.54. The average Bonchev–Trinajstić information content (AvgIpc) is 3.99. The summed E-state index contributed by atoms with van der Waals surface area (Å²) in [5.74, 6) is 3.26. The summed E-state index contributed by atoms with van der Waals surface area (Å²) in [5, 5.41) is 0. The predicted molar refractivity (Wildman–Crippen MR) is 211 cm³/mol. The number of rotatable bonds is 17. The summed E-state index contributed by atoms with van der Waals surface area (Å²) in [4.78, 5) is 0. The number of hydrogen-bond donors (Lipinski definition) is 0. The summed E-state index contributed by atoms with van der Waals surface area (Å²) >= 11 is 0. The van der Waals surface area contributed by atoms with Gasteiger partial charge in [-0.1, -0.05) is 42.5 Å². The van der Waals surface area contributed by atoms with Crippen LogP contribution in [0.2, 0.25) is 0 Å². The highest BCUT2D eigenvalue weighted by Gasteiger charge is 2.31. The van der Waals surface area contributed by atoms with Gasteiger partial charge in [-0.3, -0.25) is 0 Å². The maximum Gasteiger partial charge on any atom is 0.126 e. The molecule has 0 saturated carbocycles. The molecule has 4 unspecified atom stereocenters. The first-order chi connectivity index (χ1) is 26.9. The molecule has 9 rings (SSSR count). The maximum atomic E-state index is 6.74. The minimum atomic E-state index is -0.228. The average molecular weight is 741 g/mol. The largest absolute Gasteiger partial charge is 0.491 e. The Kier molecular flexibility index (Phi) is 9.99. The quantitative estimate of drug-likeness (QED) is 0.0693. The molecule has 0 radical (unpaired) electrons. The van der Waals surface area contributed by atoms with Gasteiger partial charge in [-0.2, -0.15) is 0 Å². The van der Waals surface area contributed by atoms with Gasteiger partial charge in [0.15, 0.2) is 0 Å². The smallest absolute Gasteiger partial charge is 0.126 e. The highest BCUT2D eigenvalue weighted by molar-refractivity contribution is 5.74. The van der Waals surface area contributed by atoms with Crippen LogP contribution < -0.4 is 18.9 Å². The molecule has 4 aliphatic rings. The van der Waals surface area contributed by atoms with Crippen LogP contribution in [0.4, 0.5) is 0 Å². The Bertz CT molecular complexity index is 2030. The molecular weight excluding hydrogens is 693 g/mol. The van der Waals surface area contributed by atoms with Crippen LogP contribution in [0.3, 0.4) is 0 Å². The van der Waals surface area contributed by atoms with E-state index in [9.17, 15) is 0 Å². The SMILES string of the molecule is Cc1cc(-c2cc(C)c(OCC3CO3)c(C(c3ccccc3)c3cc(-c4ccc(OCC5CO5)c(C)c4)cc(C)c3OCC3CO3)c2)ccc1OCC1CO1. The molecule has 0 aliphatic carbocycles. The Hall–Kier alpha value is -4.86. The fourth-order valence-electron chi connectivity index (χ4n) is 7.29. The van der Waals surface area contributed by atoms with Crippen molar-refractivity contribution in [1.29, 1.82) is 0 Å². The Morgan fingerprint density at radius 3 is 1.22 bits per heavy atom. The second-order valence-corrected chi connectivity index (χ2v) is 15.3. The van der Waals surface area contributed by atoms with Gasteiger partial charge in [0.05, 0.1) is 26.4 Å².